The molecule has 0 spiro atoms. The van der Waals surface area contributed by atoms with E-state index < -0.39 is 0 Å². The maximum atomic E-state index is 7.26. The molecule has 10 rings (SSSR count). The van der Waals surface area contributed by atoms with Crippen LogP contribution in [0.1, 0.15) is 94.7 Å². The summed E-state index contributed by atoms with van der Waals surface area (Å²) in [5.41, 5.74) is 15.6. The van der Waals surface area contributed by atoms with Gasteiger partial charge in [0.15, 0.2) is 17.1 Å². The lowest BCUT2D eigenvalue weighted by Gasteiger charge is -2.25. The fourth-order valence-corrected chi connectivity index (χ4v) is 9.17. The third-order valence-corrected chi connectivity index (χ3v) is 11.4. The second-order valence-corrected chi connectivity index (χ2v) is 16.6. The minimum atomic E-state index is -0.0266. The molecule has 3 aliphatic heterocycles. The first-order valence-electron chi connectivity index (χ1n) is 17.4. The van der Waals surface area contributed by atoms with Crippen molar-refractivity contribution in [3.8, 4) is 16.9 Å². The zero-order valence-corrected chi connectivity index (χ0v) is 28.7. The average Bonchev–Trinajstić information content (AvgIpc) is 3.66. The molecule has 4 unspecified atom stereocenters. The summed E-state index contributed by atoms with van der Waals surface area (Å²) < 4.78 is 12.6. The third-order valence-electron chi connectivity index (χ3n) is 11.4. The first-order chi connectivity index (χ1) is 22.4. The van der Waals surface area contributed by atoms with E-state index in [2.05, 4.69) is 137 Å². The van der Waals surface area contributed by atoms with Gasteiger partial charge >= 0.3 is 0 Å². The van der Waals surface area contributed by atoms with Crippen LogP contribution in [-0.2, 0) is 10.8 Å². The molecule has 234 valence electrons. The second kappa shape index (κ2) is 8.72. The van der Waals surface area contributed by atoms with Gasteiger partial charge in [0.25, 0.3) is 5.65 Å². The molecule has 0 bridgehead atoms. The number of dihydropyridines is 1. The minimum absolute atomic E-state index is 0.0120. The Hall–Kier alpha value is -4.44. The van der Waals surface area contributed by atoms with Gasteiger partial charge in [-0.15, -0.1) is 0 Å². The number of benzene rings is 4. The average molecular weight is 617 g/mol. The molecule has 6 aromatic rings. The van der Waals surface area contributed by atoms with Crippen molar-refractivity contribution in [2.24, 2.45) is 4.99 Å². The van der Waals surface area contributed by atoms with Gasteiger partial charge in [-0.05, 0) is 89.3 Å². The molecule has 4 aliphatic rings. The molecule has 4 nitrogen and oxygen atoms in total. The molecular formula is C43H42N3O+. The van der Waals surface area contributed by atoms with E-state index in [1.54, 1.807) is 0 Å². The van der Waals surface area contributed by atoms with Crippen LogP contribution in [0.3, 0.4) is 0 Å². The number of para-hydroxylation sites is 2. The standard InChI is InChI=1S/C43H42N3O/c1-22-12-9-15-26-34-29(43(6,7)8)18-19-32-35(34)41-45(37(22)26)31-17-11-14-25-27-20-24(42(3,4)5)21-28(30-16-10-13-23(2)44-30)33(27)36-39(40(36)47-32)46(41)38(25)31/h9-12,14-21,23,36,39-40H,13H2,1-8H3/q+1. The van der Waals surface area contributed by atoms with Crippen molar-refractivity contribution < 1.29 is 9.30 Å². The van der Waals surface area contributed by atoms with Gasteiger partial charge in [0.1, 0.15) is 22.7 Å². The smallest absolute Gasteiger partial charge is 0.299 e. The maximum absolute atomic E-state index is 7.26. The van der Waals surface area contributed by atoms with Gasteiger partial charge in [0, 0.05) is 21.9 Å². The number of nitrogens with zero attached hydrogens (tertiary/aromatic N) is 3. The van der Waals surface area contributed by atoms with Crippen LogP contribution in [0, 0.1) is 6.92 Å². The van der Waals surface area contributed by atoms with Crippen molar-refractivity contribution >= 4 is 44.1 Å². The molecule has 1 saturated carbocycles. The highest BCUT2D eigenvalue weighted by atomic mass is 16.5. The summed E-state index contributed by atoms with van der Waals surface area (Å²) in [5.74, 6) is 1.24. The molecule has 4 aromatic carbocycles. The largest absolute Gasteiger partial charge is 0.484 e. The van der Waals surface area contributed by atoms with E-state index in [1.165, 1.54) is 77.3 Å². The molecule has 0 radical (unpaired) electrons. The van der Waals surface area contributed by atoms with Crippen LogP contribution in [0.2, 0.25) is 0 Å². The molecule has 0 amide bonds. The van der Waals surface area contributed by atoms with Gasteiger partial charge in [-0.25, -0.2) is 4.57 Å². The lowest BCUT2D eigenvalue weighted by atomic mass is 9.80. The highest BCUT2D eigenvalue weighted by Gasteiger charge is 2.64. The minimum Gasteiger partial charge on any atom is -0.484 e. The molecule has 1 fully saturated rings. The highest BCUT2D eigenvalue weighted by Crippen LogP contribution is 2.60. The Labute approximate surface area is 276 Å². The Balaban J connectivity index is 1.44. The Morgan fingerprint density at radius 1 is 0.872 bits per heavy atom. The van der Waals surface area contributed by atoms with E-state index in [9.17, 15) is 0 Å². The summed E-state index contributed by atoms with van der Waals surface area (Å²) in [5, 5.41) is 3.88. The second-order valence-electron chi connectivity index (χ2n) is 16.6. The third kappa shape index (κ3) is 3.49. The fourth-order valence-electron chi connectivity index (χ4n) is 9.17. The Morgan fingerprint density at radius 2 is 1.66 bits per heavy atom. The quantitative estimate of drug-likeness (QED) is 0.134. The predicted octanol–water partition coefficient (Wildman–Crippen LogP) is 9.81. The first kappa shape index (κ1) is 27.7. The molecule has 0 N–H and O–H groups in total. The maximum Gasteiger partial charge on any atom is 0.299 e. The lowest BCUT2D eigenvalue weighted by Crippen LogP contribution is -2.34. The van der Waals surface area contributed by atoms with Crippen molar-refractivity contribution in [1.29, 1.82) is 0 Å². The molecule has 4 atom stereocenters. The summed E-state index contributed by atoms with van der Waals surface area (Å²) in [6.45, 7) is 18.5. The zero-order valence-electron chi connectivity index (χ0n) is 28.7. The van der Waals surface area contributed by atoms with E-state index in [0.29, 0.717) is 0 Å². The summed E-state index contributed by atoms with van der Waals surface area (Å²) in [4.78, 5) is 5.25. The number of allylic oxidation sites excluding steroid dienone is 1. The Bertz CT molecular complexity index is 2480. The van der Waals surface area contributed by atoms with Gasteiger partial charge in [0.05, 0.1) is 17.7 Å². The molecule has 47 heavy (non-hydrogen) atoms. The van der Waals surface area contributed by atoms with Crippen molar-refractivity contribution in [3.05, 3.63) is 101 Å². The molecule has 0 saturated heterocycles. The van der Waals surface area contributed by atoms with Crippen molar-refractivity contribution in [2.75, 3.05) is 0 Å². The van der Waals surface area contributed by atoms with Crippen molar-refractivity contribution in [1.82, 2.24) is 4.40 Å². The van der Waals surface area contributed by atoms with Crippen LogP contribution >= 0.6 is 0 Å². The Kier molecular flexibility index (Phi) is 5.13. The van der Waals surface area contributed by atoms with Crippen LogP contribution < -0.4 is 9.30 Å². The predicted molar refractivity (Wildman–Crippen MR) is 194 cm³/mol. The molecule has 1 aliphatic carbocycles. The Morgan fingerprint density at radius 3 is 2.43 bits per heavy atom. The summed E-state index contributed by atoms with van der Waals surface area (Å²) in [7, 11) is 0. The number of fused-ring (bicyclic) bond motifs is 8. The topological polar surface area (TPSA) is 29.9 Å². The van der Waals surface area contributed by atoms with Gasteiger partial charge < -0.3 is 4.74 Å². The van der Waals surface area contributed by atoms with E-state index in [0.717, 1.165) is 17.9 Å². The highest BCUT2D eigenvalue weighted by molar-refractivity contribution is 6.18. The van der Waals surface area contributed by atoms with Crippen LogP contribution in [-0.4, -0.2) is 22.3 Å². The number of aromatic nitrogens is 2. The van der Waals surface area contributed by atoms with E-state index in [-0.39, 0.29) is 34.9 Å². The summed E-state index contributed by atoms with van der Waals surface area (Å²) in [6, 6.07) is 23.8. The summed E-state index contributed by atoms with van der Waals surface area (Å²) in [6.07, 6.45) is 5.61. The monoisotopic (exact) mass is 616 g/mol. The van der Waals surface area contributed by atoms with Crippen LogP contribution in [0.15, 0.2) is 77.8 Å². The number of pyridine rings is 1. The SMILES string of the molecule is Cc1cccc2c3c(C(C)(C)C)ccc4c3c3n(c5cccc6c5[n+]3C3C(O4)C3c3c(C4=NC(C)CC=C4)cc(C(C)(C)C)cc3-6)c12. The van der Waals surface area contributed by atoms with E-state index >= 15 is 0 Å². The molecule has 5 heterocycles. The number of rotatable bonds is 1. The van der Waals surface area contributed by atoms with Gasteiger partial charge in [-0.3, -0.25) is 4.99 Å². The van der Waals surface area contributed by atoms with Gasteiger partial charge in [0.2, 0.25) is 0 Å². The lowest BCUT2D eigenvalue weighted by molar-refractivity contribution is -0.651. The van der Waals surface area contributed by atoms with Crippen LogP contribution in [0.25, 0.3) is 49.5 Å². The van der Waals surface area contributed by atoms with Crippen LogP contribution in [0.5, 0.6) is 5.75 Å². The molecule has 2 aromatic heterocycles. The van der Waals surface area contributed by atoms with E-state index in [1.807, 2.05) is 0 Å². The van der Waals surface area contributed by atoms with Crippen molar-refractivity contribution in [2.45, 2.75) is 96.7 Å². The fraction of sp³-hybridized carbons (Fsp3) is 0.349. The van der Waals surface area contributed by atoms with Gasteiger partial charge in [-0.1, -0.05) is 84.0 Å². The number of imidazole rings is 1. The number of aliphatic imine (C=N–C) groups is 1. The number of hydrogen-bond acceptors (Lipinski definition) is 2. The number of aryl methyl sites for hydroxylation is 1. The van der Waals surface area contributed by atoms with Gasteiger partial charge in [-0.2, -0.15) is 4.40 Å². The first-order valence-corrected chi connectivity index (χ1v) is 17.4. The number of ether oxygens (including phenoxy) is 1. The van der Waals surface area contributed by atoms with Crippen molar-refractivity contribution in [3.63, 3.8) is 0 Å². The molecular weight excluding hydrogens is 574 g/mol. The molecule has 4 heteroatoms. The van der Waals surface area contributed by atoms with E-state index in [4.69, 9.17) is 9.73 Å². The zero-order chi connectivity index (χ0) is 32.3. The number of hydrogen-bond donors (Lipinski definition) is 0. The normalized spacial score (nSPS) is 22.6. The van der Waals surface area contributed by atoms with Crippen LogP contribution in [0.4, 0.5) is 0 Å². The summed E-state index contributed by atoms with van der Waals surface area (Å²) >= 11 is 0.